The van der Waals surface area contributed by atoms with Crippen LogP contribution in [0.1, 0.15) is 32.3 Å². The lowest BCUT2D eigenvalue weighted by molar-refractivity contribution is -0.135. The minimum atomic E-state index is 0.0679. The molecule has 0 spiro atoms. The van der Waals surface area contributed by atoms with E-state index >= 15 is 0 Å². The van der Waals surface area contributed by atoms with Gasteiger partial charge in [-0.05, 0) is 43.0 Å². The number of halogens is 1. The van der Waals surface area contributed by atoms with E-state index in [1.807, 2.05) is 43.1 Å². The van der Waals surface area contributed by atoms with Gasteiger partial charge in [-0.3, -0.25) is 9.79 Å². The van der Waals surface area contributed by atoms with Crippen LogP contribution in [0.2, 0.25) is 5.02 Å². The van der Waals surface area contributed by atoms with Crippen LogP contribution in [0.4, 0.5) is 0 Å². The highest BCUT2D eigenvalue weighted by Crippen LogP contribution is 2.22. The van der Waals surface area contributed by atoms with Crippen LogP contribution in [0.25, 0.3) is 10.9 Å². The molecule has 1 aliphatic heterocycles. The van der Waals surface area contributed by atoms with Gasteiger partial charge in [-0.25, -0.2) is 0 Å². The number of carbonyl (C=O) groups is 1. The third-order valence-corrected chi connectivity index (χ3v) is 5.52. The number of benzene rings is 1. The van der Waals surface area contributed by atoms with Crippen molar-refractivity contribution in [2.45, 2.75) is 39.2 Å². The lowest BCUT2D eigenvalue weighted by Gasteiger charge is -2.34. The van der Waals surface area contributed by atoms with E-state index in [4.69, 9.17) is 11.6 Å². The quantitative estimate of drug-likeness (QED) is 0.530. The van der Waals surface area contributed by atoms with Crippen LogP contribution in [-0.2, 0) is 11.2 Å². The summed E-state index contributed by atoms with van der Waals surface area (Å²) in [5, 5.41) is 8.81. The van der Waals surface area contributed by atoms with Crippen LogP contribution < -0.4 is 10.6 Å². The highest BCUT2D eigenvalue weighted by molar-refractivity contribution is 6.31. The number of nitrogens with zero attached hydrogens (tertiary/aromatic N) is 2. The number of H-pyrrole nitrogens is 1. The summed E-state index contributed by atoms with van der Waals surface area (Å²) in [5.74, 6) is 1.13. The predicted octanol–water partition coefficient (Wildman–Crippen LogP) is 3.18. The molecule has 2 heterocycles. The first-order chi connectivity index (χ1) is 13.5. The van der Waals surface area contributed by atoms with Gasteiger partial charge in [-0.15, -0.1) is 0 Å². The third-order valence-electron chi connectivity index (χ3n) is 5.28. The molecule has 1 aromatic carbocycles. The van der Waals surface area contributed by atoms with Crippen molar-refractivity contribution in [2.75, 3.05) is 26.7 Å². The first-order valence-corrected chi connectivity index (χ1v) is 10.4. The molecule has 0 bridgehead atoms. The molecule has 3 rings (SSSR count). The summed E-state index contributed by atoms with van der Waals surface area (Å²) in [7, 11) is 1.79. The maximum absolute atomic E-state index is 12.1. The van der Waals surface area contributed by atoms with Crippen LogP contribution in [0.5, 0.6) is 0 Å². The minimum Gasteiger partial charge on any atom is -0.361 e. The molecule has 2 aromatic rings. The number of hydrogen-bond acceptors (Lipinski definition) is 2. The Kier molecular flexibility index (Phi) is 6.83. The highest BCUT2D eigenvalue weighted by atomic mass is 35.5. The molecule has 0 unspecified atom stereocenters. The Bertz CT molecular complexity index is 836. The van der Waals surface area contributed by atoms with Crippen molar-refractivity contribution < 1.29 is 4.79 Å². The maximum atomic E-state index is 12.1. The Labute approximate surface area is 171 Å². The van der Waals surface area contributed by atoms with E-state index in [0.717, 1.165) is 55.4 Å². The lowest BCUT2D eigenvalue weighted by Crippen LogP contribution is -2.50. The highest BCUT2D eigenvalue weighted by Gasteiger charge is 2.24. The van der Waals surface area contributed by atoms with Crippen LogP contribution in [0.3, 0.4) is 0 Å². The van der Waals surface area contributed by atoms with Crippen molar-refractivity contribution in [3.05, 3.63) is 35.0 Å². The molecule has 3 N–H and O–H groups in total. The van der Waals surface area contributed by atoms with Gasteiger partial charge in [0.05, 0.1) is 0 Å². The first-order valence-electron chi connectivity index (χ1n) is 9.99. The van der Waals surface area contributed by atoms with E-state index in [-0.39, 0.29) is 11.8 Å². The van der Waals surface area contributed by atoms with Crippen molar-refractivity contribution in [2.24, 2.45) is 10.9 Å². The molecule has 1 aromatic heterocycles. The average molecular weight is 404 g/mol. The number of carbonyl (C=O) groups excluding carboxylic acids is 1. The monoisotopic (exact) mass is 403 g/mol. The fourth-order valence-electron chi connectivity index (χ4n) is 3.67. The standard InChI is InChI=1S/C21H30ClN5O/c1-14(2)20(28)27-10-7-17(8-11-27)26-21(23-3)24-9-6-15-13-25-19-5-4-16(22)12-18(15)19/h4-5,12-14,17,25H,6-11H2,1-3H3,(H2,23,24,26). The van der Waals surface area contributed by atoms with Crippen LogP contribution in [0, 0.1) is 5.92 Å². The molecule has 152 valence electrons. The molecular formula is C21H30ClN5O. The topological polar surface area (TPSA) is 72.5 Å². The number of hydrogen-bond donors (Lipinski definition) is 3. The molecule has 1 saturated heterocycles. The van der Waals surface area contributed by atoms with Crippen molar-refractivity contribution in [1.29, 1.82) is 0 Å². The van der Waals surface area contributed by atoms with E-state index in [1.165, 1.54) is 10.9 Å². The van der Waals surface area contributed by atoms with Crippen molar-refractivity contribution >= 4 is 34.4 Å². The number of guanidine groups is 1. The number of nitrogens with one attached hydrogen (secondary N) is 3. The molecule has 1 fully saturated rings. The van der Waals surface area contributed by atoms with Crippen molar-refractivity contribution in [3.8, 4) is 0 Å². The Hall–Kier alpha value is -2.21. The summed E-state index contributed by atoms with van der Waals surface area (Å²) in [6.45, 7) is 6.31. The fraction of sp³-hybridized carbons (Fsp3) is 0.524. The Morgan fingerprint density at radius 3 is 2.79 bits per heavy atom. The maximum Gasteiger partial charge on any atom is 0.225 e. The summed E-state index contributed by atoms with van der Waals surface area (Å²) < 4.78 is 0. The number of aromatic nitrogens is 1. The normalized spacial score (nSPS) is 16.0. The van der Waals surface area contributed by atoms with Gasteiger partial charge < -0.3 is 20.5 Å². The largest absolute Gasteiger partial charge is 0.361 e. The van der Waals surface area contributed by atoms with Crippen LogP contribution in [0.15, 0.2) is 29.4 Å². The Morgan fingerprint density at radius 1 is 1.36 bits per heavy atom. The Morgan fingerprint density at radius 2 is 2.11 bits per heavy atom. The van der Waals surface area contributed by atoms with Gasteiger partial charge in [0.1, 0.15) is 0 Å². The molecule has 0 radical (unpaired) electrons. The zero-order valence-electron chi connectivity index (χ0n) is 16.9. The van der Waals surface area contributed by atoms with Gasteiger partial charge in [0, 0.05) is 60.8 Å². The smallest absolute Gasteiger partial charge is 0.225 e. The van der Waals surface area contributed by atoms with E-state index in [2.05, 4.69) is 20.6 Å². The molecule has 1 amide bonds. The lowest BCUT2D eigenvalue weighted by atomic mass is 10.0. The molecule has 28 heavy (non-hydrogen) atoms. The third kappa shape index (κ3) is 4.98. The average Bonchev–Trinajstić information content (AvgIpc) is 3.09. The molecule has 6 nitrogen and oxygen atoms in total. The summed E-state index contributed by atoms with van der Waals surface area (Å²) in [6, 6.07) is 6.25. The number of piperidine rings is 1. The number of amides is 1. The van der Waals surface area contributed by atoms with Crippen LogP contribution >= 0.6 is 11.6 Å². The molecule has 7 heteroatoms. The van der Waals surface area contributed by atoms with Gasteiger partial charge in [0.25, 0.3) is 0 Å². The molecule has 0 aliphatic carbocycles. The van der Waals surface area contributed by atoms with Gasteiger partial charge in [0.2, 0.25) is 5.91 Å². The zero-order chi connectivity index (χ0) is 20.1. The van der Waals surface area contributed by atoms with Gasteiger partial charge in [0.15, 0.2) is 5.96 Å². The van der Waals surface area contributed by atoms with E-state index in [9.17, 15) is 4.79 Å². The van der Waals surface area contributed by atoms with Gasteiger partial charge in [-0.1, -0.05) is 25.4 Å². The van der Waals surface area contributed by atoms with Crippen LogP contribution in [-0.4, -0.2) is 54.5 Å². The second-order valence-corrected chi connectivity index (χ2v) is 8.09. The summed E-state index contributed by atoms with van der Waals surface area (Å²) >= 11 is 6.13. The minimum absolute atomic E-state index is 0.0679. The number of fused-ring (bicyclic) bond motifs is 1. The van der Waals surface area contributed by atoms with Crippen molar-refractivity contribution in [3.63, 3.8) is 0 Å². The second kappa shape index (κ2) is 9.32. The number of rotatable bonds is 5. The van der Waals surface area contributed by atoms with Crippen molar-refractivity contribution in [1.82, 2.24) is 20.5 Å². The number of likely N-dealkylation sites (tertiary alicyclic amines) is 1. The van der Waals surface area contributed by atoms with E-state index in [1.54, 1.807) is 7.05 Å². The number of aromatic amines is 1. The van der Waals surface area contributed by atoms with E-state index < -0.39 is 0 Å². The fourth-order valence-corrected chi connectivity index (χ4v) is 3.84. The van der Waals surface area contributed by atoms with Gasteiger partial charge in [-0.2, -0.15) is 0 Å². The molecular weight excluding hydrogens is 374 g/mol. The number of aliphatic imine (C=N–C) groups is 1. The first kappa shape index (κ1) is 20.5. The van der Waals surface area contributed by atoms with E-state index in [0.29, 0.717) is 6.04 Å². The Balaban J connectivity index is 1.46. The zero-order valence-corrected chi connectivity index (χ0v) is 17.6. The van der Waals surface area contributed by atoms with Gasteiger partial charge >= 0.3 is 0 Å². The predicted molar refractivity (Wildman–Crippen MR) is 116 cm³/mol. The molecule has 1 aliphatic rings. The molecule has 0 atom stereocenters. The summed E-state index contributed by atoms with van der Waals surface area (Å²) in [4.78, 5) is 21.7. The SMILES string of the molecule is CN=C(NCCc1c[nH]c2ccc(Cl)cc12)NC1CCN(C(=O)C(C)C)CC1. The summed E-state index contributed by atoms with van der Waals surface area (Å²) in [5.41, 5.74) is 2.34. The molecule has 0 saturated carbocycles. The second-order valence-electron chi connectivity index (χ2n) is 7.65. The summed E-state index contributed by atoms with van der Waals surface area (Å²) in [6.07, 6.45) is 4.81.